The summed E-state index contributed by atoms with van der Waals surface area (Å²) >= 11 is 0. The Morgan fingerprint density at radius 1 is 1.12 bits per heavy atom. The van der Waals surface area contributed by atoms with E-state index in [1.807, 2.05) is 43.1 Å². The van der Waals surface area contributed by atoms with Crippen molar-refractivity contribution in [2.45, 2.75) is 25.7 Å². The smallest absolute Gasteiger partial charge is 0.433 e. The van der Waals surface area contributed by atoms with Gasteiger partial charge in [-0.1, -0.05) is 6.07 Å². The molecule has 0 radical (unpaired) electrons. The maximum Gasteiger partial charge on any atom is 0.433 e. The summed E-state index contributed by atoms with van der Waals surface area (Å²) in [6, 6.07) is 5.99. The molecule has 1 aromatic carbocycles. The van der Waals surface area contributed by atoms with Crippen LogP contribution in [0.1, 0.15) is 29.8 Å². The number of hydrogen-bond donors (Lipinski definition) is 0. The van der Waals surface area contributed by atoms with Gasteiger partial charge in [-0.15, -0.1) is 0 Å². The summed E-state index contributed by atoms with van der Waals surface area (Å²) in [6.07, 6.45) is 5.67. The van der Waals surface area contributed by atoms with Crippen molar-refractivity contribution in [1.29, 1.82) is 0 Å². The molecule has 1 unspecified atom stereocenters. The molecule has 4 aromatic rings. The van der Waals surface area contributed by atoms with E-state index in [2.05, 4.69) is 15.1 Å². The van der Waals surface area contributed by atoms with Gasteiger partial charge in [0.2, 0.25) is 0 Å². The number of nitrogens with zero attached hydrogens (tertiary/aromatic N) is 5. The van der Waals surface area contributed by atoms with Crippen LogP contribution >= 0.6 is 0 Å². The molecule has 172 valence electrons. The van der Waals surface area contributed by atoms with Gasteiger partial charge in [0, 0.05) is 43.0 Å². The molecule has 0 aliphatic rings. The molecule has 4 rings (SSSR count). The molecule has 0 bridgehead atoms. The van der Waals surface area contributed by atoms with Crippen molar-refractivity contribution < 1.29 is 22.6 Å². The Morgan fingerprint density at radius 3 is 2.52 bits per heavy atom. The van der Waals surface area contributed by atoms with E-state index in [9.17, 15) is 13.2 Å². The second-order valence-electron chi connectivity index (χ2n) is 7.52. The SMILES string of the molecule is COc1cc(C(C)n2ccnc2)c(-c2cnn(C)c2)cc1OCc1ccc(C(F)(F)F)nc1. The molecule has 0 aliphatic carbocycles. The van der Waals surface area contributed by atoms with Crippen LogP contribution in [0, 0.1) is 0 Å². The number of aryl methyl sites for hydroxylation is 1. The van der Waals surface area contributed by atoms with E-state index in [0.717, 1.165) is 29.0 Å². The number of hydrogen-bond acceptors (Lipinski definition) is 5. The normalized spacial score (nSPS) is 12.5. The minimum Gasteiger partial charge on any atom is -0.493 e. The Bertz CT molecular complexity index is 1220. The maximum absolute atomic E-state index is 12.8. The number of alkyl halides is 3. The number of methoxy groups -OCH3 is 1. The number of benzene rings is 1. The fourth-order valence-corrected chi connectivity index (χ4v) is 3.50. The second-order valence-corrected chi connectivity index (χ2v) is 7.52. The predicted molar refractivity (Wildman–Crippen MR) is 115 cm³/mol. The highest BCUT2D eigenvalue weighted by molar-refractivity contribution is 5.71. The van der Waals surface area contributed by atoms with Gasteiger partial charge in [0.1, 0.15) is 12.3 Å². The van der Waals surface area contributed by atoms with Gasteiger partial charge in [-0.3, -0.25) is 9.67 Å². The third-order valence-corrected chi connectivity index (χ3v) is 5.28. The van der Waals surface area contributed by atoms with Crippen molar-refractivity contribution in [2.75, 3.05) is 7.11 Å². The van der Waals surface area contributed by atoms with E-state index in [4.69, 9.17) is 9.47 Å². The van der Waals surface area contributed by atoms with Crippen LogP contribution in [-0.4, -0.2) is 31.4 Å². The number of ether oxygens (including phenoxy) is 2. The van der Waals surface area contributed by atoms with Gasteiger partial charge in [-0.05, 0) is 36.2 Å². The summed E-state index contributed by atoms with van der Waals surface area (Å²) in [6.45, 7) is 2.08. The fraction of sp³-hybridized carbons (Fsp3) is 0.261. The number of rotatable bonds is 7. The first kappa shape index (κ1) is 22.4. The number of aromatic nitrogens is 5. The van der Waals surface area contributed by atoms with Crippen molar-refractivity contribution in [1.82, 2.24) is 24.3 Å². The van der Waals surface area contributed by atoms with Crippen LogP contribution < -0.4 is 9.47 Å². The van der Waals surface area contributed by atoms with Gasteiger partial charge in [-0.25, -0.2) is 4.98 Å². The quantitative estimate of drug-likeness (QED) is 0.395. The average molecular weight is 457 g/mol. The van der Waals surface area contributed by atoms with Gasteiger partial charge in [-0.2, -0.15) is 18.3 Å². The first-order chi connectivity index (χ1) is 15.8. The van der Waals surface area contributed by atoms with Gasteiger partial charge in [0.05, 0.1) is 25.7 Å². The molecule has 0 saturated heterocycles. The molecule has 0 N–H and O–H groups in total. The van der Waals surface area contributed by atoms with E-state index in [1.54, 1.807) is 23.4 Å². The number of halogens is 3. The lowest BCUT2D eigenvalue weighted by Crippen LogP contribution is -2.09. The van der Waals surface area contributed by atoms with Gasteiger partial charge in [0.15, 0.2) is 11.5 Å². The lowest BCUT2D eigenvalue weighted by atomic mass is 9.96. The molecule has 10 heteroatoms. The molecule has 3 heterocycles. The zero-order valence-electron chi connectivity index (χ0n) is 18.2. The van der Waals surface area contributed by atoms with Gasteiger partial charge < -0.3 is 14.0 Å². The van der Waals surface area contributed by atoms with Crippen LogP contribution in [0.2, 0.25) is 0 Å². The van der Waals surface area contributed by atoms with Crippen LogP contribution in [0.4, 0.5) is 13.2 Å². The monoisotopic (exact) mass is 457 g/mol. The first-order valence-electron chi connectivity index (χ1n) is 10.1. The average Bonchev–Trinajstić information content (AvgIpc) is 3.48. The van der Waals surface area contributed by atoms with Crippen molar-refractivity contribution >= 4 is 0 Å². The van der Waals surface area contributed by atoms with Crippen molar-refractivity contribution in [3.05, 3.63) is 78.4 Å². The van der Waals surface area contributed by atoms with Crippen molar-refractivity contribution in [3.63, 3.8) is 0 Å². The molecule has 0 fully saturated rings. The minimum absolute atomic E-state index is 0.0321. The summed E-state index contributed by atoms with van der Waals surface area (Å²) in [5.74, 6) is 0.960. The third-order valence-electron chi connectivity index (χ3n) is 5.28. The Morgan fingerprint density at radius 2 is 1.94 bits per heavy atom. The highest BCUT2D eigenvalue weighted by atomic mass is 19.4. The lowest BCUT2D eigenvalue weighted by molar-refractivity contribution is -0.141. The van der Waals surface area contributed by atoms with E-state index in [1.165, 1.54) is 13.2 Å². The summed E-state index contributed by atoms with van der Waals surface area (Å²) in [5.41, 5.74) is 2.32. The largest absolute Gasteiger partial charge is 0.493 e. The molecule has 0 spiro atoms. The minimum atomic E-state index is -4.48. The molecule has 0 saturated carbocycles. The summed E-state index contributed by atoms with van der Waals surface area (Å²) in [5, 5.41) is 4.28. The van der Waals surface area contributed by atoms with Gasteiger partial charge in [0.25, 0.3) is 0 Å². The summed E-state index contributed by atoms with van der Waals surface area (Å²) in [4.78, 5) is 7.62. The van der Waals surface area contributed by atoms with Gasteiger partial charge >= 0.3 is 6.18 Å². The third kappa shape index (κ3) is 4.84. The van der Waals surface area contributed by atoms with E-state index < -0.39 is 11.9 Å². The molecule has 33 heavy (non-hydrogen) atoms. The molecule has 0 amide bonds. The highest BCUT2D eigenvalue weighted by Crippen LogP contribution is 2.39. The van der Waals surface area contributed by atoms with Crippen LogP contribution in [0.3, 0.4) is 0 Å². The molecule has 7 nitrogen and oxygen atoms in total. The highest BCUT2D eigenvalue weighted by Gasteiger charge is 2.32. The zero-order chi connectivity index (χ0) is 23.6. The fourth-order valence-electron chi connectivity index (χ4n) is 3.50. The molecular formula is C23H22F3N5O2. The summed E-state index contributed by atoms with van der Waals surface area (Å²) in [7, 11) is 3.37. The molecule has 1 atom stereocenters. The summed E-state index contributed by atoms with van der Waals surface area (Å²) < 4.78 is 53.5. The van der Waals surface area contributed by atoms with E-state index in [0.29, 0.717) is 17.1 Å². The second kappa shape index (κ2) is 8.97. The molecule has 3 aromatic heterocycles. The molecule has 0 aliphatic heterocycles. The predicted octanol–water partition coefficient (Wildman–Crippen LogP) is 4.89. The number of imidazole rings is 1. The van der Waals surface area contributed by atoms with Crippen LogP contribution in [0.5, 0.6) is 11.5 Å². The maximum atomic E-state index is 12.8. The lowest BCUT2D eigenvalue weighted by Gasteiger charge is -2.21. The van der Waals surface area contributed by atoms with E-state index in [-0.39, 0.29) is 12.6 Å². The molecular weight excluding hydrogens is 435 g/mol. The van der Waals surface area contributed by atoms with Crippen LogP contribution in [-0.2, 0) is 19.8 Å². The zero-order valence-corrected chi connectivity index (χ0v) is 18.2. The first-order valence-corrected chi connectivity index (χ1v) is 10.1. The van der Waals surface area contributed by atoms with Crippen LogP contribution in [0.15, 0.2) is 61.6 Å². The Hall–Kier alpha value is -3.82. The Labute approximate surface area is 188 Å². The number of pyridine rings is 1. The topological polar surface area (TPSA) is 67.0 Å². The van der Waals surface area contributed by atoms with E-state index >= 15 is 0 Å². The standard InChI is InChI=1S/C23H22F3N5O2/c1-15(31-7-6-27-14-31)18-8-20(32-3)21(9-19(18)17-11-29-30(2)12-17)33-13-16-4-5-22(28-10-16)23(24,25)26/h4-12,14-15H,13H2,1-3H3. The van der Waals surface area contributed by atoms with Crippen molar-refractivity contribution in [3.8, 4) is 22.6 Å². The van der Waals surface area contributed by atoms with Crippen LogP contribution in [0.25, 0.3) is 11.1 Å². The Balaban J connectivity index is 1.68. The Kier molecular flexibility index (Phi) is 6.08. The van der Waals surface area contributed by atoms with Crippen molar-refractivity contribution in [2.24, 2.45) is 7.05 Å².